The molecule has 0 aromatic heterocycles. The van der Waals surface area contributed by atoms with Crippen molar-refractivity contribution in [2.24, 2.45) is 0 Å². The maximum Gasteiger partial charge on any atom is 0.336 e. The number of carboxylic acid groups (broad SMARTS) is 1. The first-order valence-corrected chi connectivity index (χ1v) is 15.6. The highest BCUT2D eigenvalue weighted by atomic mass is 16.5. The molecule has 9 nitrogen and oxygen atoms in total. The standard InChI is InChI=1S/C36H44N2O7/c1-2-3-4-9-12-34(39)44-29-18-20-30(21-19-29)45-35(40)22-15-26-13-16-28(17-14-26)43-23-10-7-5-6-8-11-31-32(36(41)42)24-27(37)25-33(31)38/h13-22,24-25H,2-12,23,37-38H2,1H3,(H,41,42)/b22-15+. The van der Waals surface area contributed by atoms with Crippen molar-refractivity contribution in [2.75, 3.05) is 18.1 Å². The summed E-state index contributed by atoms with van der Waals surface area (Å²) in [5.41, 5.74) is 14.2. The number of aromatic carboxylic acids is 1. The third kappa shape index (κ3) is 12.8. The molecular formula is C36H44N2O7. The van der Waals surface area contributed by atoms with E-state index in [0.717, 1.165) is 69.1 Å². The Morgan fingerprint density at radius 2 is 1.38 bits per heavy atom. The molecule has 0 fully saturated rings. The third-order valence-electron chi connectivity index (χ3n) is 7.18. The quantitative estimate of drug-likeness (QED) is 0.0406. The van der Waals surface area contributed by atoms with Gasteiger partial charge in [-0.25, -0.2) is 9.59 Å². The van der Waals surface area contributed by atoms with E-state index in [0.29, 0.717) is 47.9 Å². The molecule has 0 aliphatic carbocycles. The van der Waals surface area contributed by atoms with E-state index in [2.05, 4.69) is 6.92 Å². The van der Waals surface area contributed by atoms with E-state index >= 15 is 0 Å². The van der Waals surface area contributed by atoms with Gasteiger partial charge in [-0.3, -0.25) is 4.79 Å². The van der Waals surface area contributed by atoms with Crippen molar-refractivity contribution < 1.29 is 33.7 Å². The van der Waals surface area contributed by atoms with Crippen LogP contribution in [0.4, 0.5) is 11.4 Å². The summed E-state index contributed by atoms with van der Waals surface area (Å²) in [6.07, 6.45) is 12.8. The number of rotatable bonds is 19. The Labute approximate surface area is 265 Å². The highest BCUT2D eigenvalue weighted by Gasteiger charge is 2.14. The van der Waals surface area contributed by atoms with Crippen LogP contribution in [0.5, 0.6) is 17.2 Å². The molecule has 0 atom stereocenters. The number of carboxylic acids is 1. The van der Waals surface area contributed by atoms with E-state index in [-0.39, 0.29) is 11.5 Å². The number of esters is 2. The normalized spacial score (nSPS) is 11.0. The zero-order chi connectivity index (χ0) is 32.4. The van der Waals surface area contributed by atoms with Crippen LogP contribution >= 0.6 is 0 Å². The van der Waals surface area contributed by atoms with Crippen molar-refractivity contribution in [1.82, 2.24) is 0 Å². The predicted molar refractivity (Wildman–Crippen MR) is 176 cm³/mol. The SMILES string of the molecule is CCCCCCC(=O)Oc1ccc(OC(=O)/C=C/c2ccc(OCCCCCCCc3c(N)cc(N)cc3C(=O)O)cc2)cc1. The third-order valence-corrected chi connectivity index (χ3v) is 7.18. The maximum atomic E-state index is 12.2. The van der Waals surface area contributed by atoms with Crippen LogP contribution in [-0.4, -0.2) is 29.6 Å². The molecule has 5 N–H and O–H groups in total. The number of carbonyl (C=O) groups is 3. The molecular weight excluding hydrogens is 572 g/mol. The Kier molecular flexibility index (Phi) is 14.5. The summed E-state index contributed by atoms with van der Waals surface area (Å²) in [6, 6.07) is 16.9. The summed E-state index contributed by atoms with van der Waals surface area (Å²) < 4.78 is 16.5. The van der Waals surface area contributed by atoms with Gasteiger partial charge >= 0.3 is 17.9 Å². The summed E-state index contributed by atoms with van der Waals surface area (Å²) in [6.45, 7) is 2.71. The van der Waals surface area contributed by atoms with Crippen molar-refractivity contribution in [1.29, 1.82) is 0 Å². The van der Waals surface area contributed by atoms with Crippen molar-refractivity contribution in [2.45, 2.75) is 77.6 Å². The Bertz CT molecular complexity index is 1420. The largest absolute Gasteiger partial charge is 0.494 e. The fourth-order valence-corrected chi connectivity index (χ4v) is 4.76. The van der Waals surface area contributed by atoms with Gasteiger partial charge in [-0.1, -0.05) is 57.6 Å². The summed E-state index contributed by atoms with van der Waals surface area (Å²) in [5, 5.41) is 9.42. The lowest BCUT2D eigenvalue weighted by molar-refractivity contribution is -0.134. The van der Waals surface area contributed by atoms with Crippen LogP contribution in [0.15, 0.2) is 66.7 Å². The van der Waals surface area contributed by atoms with Gasteiger partial charge in [0.05, 0.1) is 12.2 Å². The minimum atomic E-state index is -1.01. The smallest absolute Gasteiger partial charge is 0.336 e. The lowest BCUT2D eigenvalue weighted by atomic mass is 9.98. The first-order chi connectivity index (χ1) is 21.7. The summed E-state index contributed by atoms with van der Waals surface area (Å²) in [5.74, 6) is -0.275. The number of benzene rings is 3. The Hall–Kier alpha value is -4.79. The van der Waals surface area contributed by atoms with Crippen molar-refractivity contribution in [3.63, 3.8) is 0 Å². The summed E-state index contributed by atoms with van der Waals surface area (Å²) in [4.78, 5) is 35.7. The molecule has 0 aliphatic heterocycles. The number of hydrogen-bond donors (Lipinski definition) is 3. The lowest BCUT2D eigenvalue weighted by Gasteiger charge is -2.11. The lowest BCUT2D eigenvalue weighted by Crippen LogP contribution is -2.07. The molecule has 0 saturated heterocycles. The topological polar surface area (TPSA) is 151 Å². The number of ether oxygens (including phenoxy) is 3. The second-order valence-corrected chi connectivity index (χ2v) is 10.9. The van der Waals surface area contributed by atoms with Gasteiger partial charge < -0.3 is 30.8 Å². The second-order valence-electron chi connectivity index (χ2n) is 10.9. The molecule has 9 heteroatoms. The van der Waals surface area contributed by atoms with Crippen LogP contribution in [-0.2, 0) is 16.0 Å². The maximum absolute atomic E-state index is 12.2. The number of unbranched alkanes of at least 4 members (excludes halogenated alkanes) is 7. The van der Waals surface area contributed by atoms with Crippen LogP contribution < -0.4 is 25.7 Å². The highest BCUT2D eigenvalue weighted by molar-refractivity contribution is 5.92. The fraction of sp³-hybridized carbons (Fsp3) is 0.361. The van der Waals surface area contributed by atoms with Gasteiger partial charge in [-0.05, 0) is 91.4 Å². The van der Waals surface area contributed by atoms with Crippen LogP contribution in [0, 0.1) is 0 Å². The van der Waals surface area contributed by atoms with Gasteiger partial charge in [0.2, 0.25) is 0 Å². The van der Waals surface area contributed by atoms with E-state index in [1.165, 1.54) is 12.1 Å². The molecule has 0 bridgehead atoms. The van der Waals surface area contributed by atoms with Gasteiger partial charge in [0.15, 0.2) is 0 Å². The van der Waals surface area contributed by atoms with Gasteiger partial charge in [-0.2, -0.15) is 0 Å². The number of carbonyl (C=O) groups excluding carboxylic acids is 2. The minimum Gasteiger partial charge on any atom is -0.494 e. The molecule has 0 spiro atoms. The molecule has 0 unspecified atom stereocenters. The summed E-state index contributed by atoms with van der Waals surface area (Å²) >= 11 is 0. The monoisotopic (exact) mass is 616 g/mol. The molecule has 0 heterocycles. The molecule has 3 aromatic carbocycles. The van der Waals surface area contributed by atoms with Crippen molar-refractivity contribution >= 4 is 35.4 Å². The molecule has 3 rings (SSSR count). The first kappa shape index (κ1) is 34.7. The second kappa shape index (κ2) is 18.8. The van der Waals surface area contributed by atoms with Gasteiger partial charge in [0.1, 0.15) is 17.2 Å². The van der Waals surface area contributed by atoms with Crippen LogP contribution in [0.25, 0.3) is 6.08 Å². The Morgan fingerprint density at radius 3 is 2.07 bits per heavy atom. The molecule has 0 radical (unpaired) electrons. The zero-order valence-electron chi connectivity index (χ0n) is 26.0. The highest BCUT2D eigenvalue weighted by Crippen LogP contribution is 2.24. The van der Waals surface area contributed by atoms with E-state index in [1.807, 2.05) is 24.3 Å². The Morgan fingerprint density at radius 1 is 0.756 bits per heavy atom. The number of nitrogen functional groups attached to an aromatic ring is 2. The molecule has 3 aromatic rings. The molecule has 45 heavy (non-hydrogen) atoms. The molecule has 0 saturated carbocycles. The van der Waals surface area contributed by atoms with Gasteiger partial charge in [0, 0.05) is 23.9 Å². The fourth-order valence-electron chi connectivity index (χ4n) is 4.76. The predicted octanol–water partition coefficient (Wildman–Crippen LogP) is 7.62. The van der Waals surface area contributed by atoms with E-state index in [1.54, 1.807) is 36.4 Å². The molecule has 0 amide bonds. The number of nitrogens with two attached hydrogens (primary N) is 2. The number of hydrogen-bond acceptors (Lipinski definition) is 8. The van der Waals surface area contributed by atoms with Crippen molar-refractivity contribution in [3.8, 4) is 17.2 Å². The molecule has 0 aliphatic rings. The van der Waals surface area contributed by atoms with E-state index < -0.39 is 11.9 Å². The van der Waals surface area contributed by atoms with Gasteiger partial charge in [0.25, 0.3) is 0 Å². The average molecular weight is 617 g/mol. The van der Waals surface area contributed by atoms with Gasteiger partial charge in [-0.15, -0.1) is 0 Å². The summed E-state index contributed by atoms with van der Waals surface area (Å²) in [7, 11) is 0. The van der Waals surface area contributed by atoms with E-state index in [9.17, 15) is 19.5 Å². The van der Waals surface area contributed by atoms with Crippen LogP contribution in [0.1, 0.15) is 92.6 Å². The first-order valence-electron chi connectivity index (χ1n) is 15.6. The van der Waals surface area contributed by atoms with Crippen molar-refractivity contribution in [3.05, 3.63) is 83.4 Å². The number of anilines is 2. The molecule has 240 valence electrons. The van der Waals surface area contributed by atoms with Crippen LogP contribution in [0.3, 0.4) is 0 Å². The van der Waals surface area contributed by atoms with E-state index in [4.69, 9.17) is 25.7 Å². The van der Waals surface area contributed by atoms with Crippen LogP contribution in [0.2, 0.25) is 0 Å². The average Bonchev–Trinajstić information content (AvgIpc) is 3.01. The Balaban J connectivity index is 1.30. The zero-order valence-corrected chi connectivity index (χ0v) is 26.0. The minimum absolute atomic E-state index is 0.179.